The molecule has 4 N–H and O–H groups in total. The summed E-state index contributed by atoms with van der Waals surface area (Å²) in [5.41, 5.74) is 0.164. The third kappa shape index (κ3) is 2.59. The van der Waals surface area contributed by atoms with E-state index in [1.54, 1.807) is 6.07 Å². The minimum Gasteiger partial charge on any atom is -0.508 e. The van der Waals surface area contributed by atoms with Crippen molar-refractivity contribution in [3.8, 4) is 6.07 Å². The first kappa shape index (κ1) is 13.9. The lowest BCUT2D eigenvalue weighted by molar-refractivity contribution is -0.135. The zero-order valence-corrected chi connectivity index (χ0v) is 10.4. The predicted octanol–water partition coefficient (Wildman–Crippen LogP) is -0.834. The molecule has 2 aliphatic heterocycles. The van der Waals surface area contributed by atoms with Gasteiger partial charge in [0.15, 0.2) is 12.0 Å². The van der Waals surface area contributed by atoms with Crippen LogP contribution >= 0.6 is 0 Å². The third-order valence-electron chi connectivity index (χ3n) is 2.87. The Balaban J connectivity index is 2.19. The summed E-state index contributed by atoms with van der Waals surface area (Å²) in [7, 11) is 0. The first-order valence-electron chi connectivity index (χ1n) is 5.79. The molecule has 8 nitrogen and oxygen atoms in total. The molecule has 0 aromatic heterocycles. The Labute approximate surface area is 114 Å². The lowest BCUT2D eigenvalue weighted by atomic mass is 10.2. The van der Waals surface area contributed by atoms with Gasteiger partial charge in [-0.2, -0.15) is 5.26 Å². The number of aliphatic hydroxyl groups is 3. The summed E-state index contributed by atoms with van der Waals surface area (Å²) >= 11 is 0. The number of allylic oxidation sites excluding steroid dienone is 1. The van der Waals surface area contributed by atoms with Gasteiger partial charge in [-0.3, -0.25) is 9.69 Å². The lowest BCUT2D eigenvalue weighted by Gasteiger charge is -2.35. The number of hydrogen-bond donors (Lipinski definition) is 4. The van der Waals surface area contributed by atoms with Crippen molar-refractivity contribution in [2.45, 2.75) is 19.0 Å². The van der Waals surface area contributed by atoms with Crippen molar-refractivity contribution in [3.63, 3.8) is 0 Å². The van der Waals surface area contributed by atoms with Crippen molar-refractivity contribution < 1.29 is 24.9 Å². The van der Waals surface area contributed by atoms with Gasteiger partial charge in [-0.1, -0.05) is 0 Å². The Hall–Kier alpha value is -2.50. The Morgan fingerprint density at radius 3 is 3.00 bits per heavy atom. The summed E-state index contributed by atoms with van der Waals surface area (Å²) in [5, 5.41) is 39.1. The smallest absolute Gasteiger partial charge is 0.256 e. The van der Waals surface area contributed by atoms with Gasteiger partial charge < -0.3 is 25.4 Å². The molecule has 2 rings (SSSR count). The highest BCUT2D eigenvalue weighted by atomic mass is 16.5. The van der Waals surface area contributed by atoms with Crippen molar-refractivity contribution in [3.05, 3.63) is 35.4 Å². The fourth-order valence-corrected chi connectivity index (χ4v) is 1.90. The fourth-order valence-electron chi connectivity index (χ4n) is 1.90. The van der Waals surface area contributed by atoms with Crippen molar-refractivity contribution in [1.82, 2.24) is 10.2 Å². The Morgan fingerprint density at radius 1 is 1.65 bits per heavy atom. The van der Waals surface area contributed by atoms with Gasteiger partial charge in [0.2, 0.25) is 6.35 Å². The molecule has 0 bridgehead atoms. The number of amides is 1. The van der Waals surface area contributed by atoms with Crippen LogP contribution in [0.5, 0.6) is 0 Å². The third-order valence-corrected chi connectivity index (χ3v) is 2.87. The van der Waals surface area contributed by atoms with Crippen LogP contribution in [0.3, 0.4) is 0 Å². The van der Waals surface area contributed by atoms with Gasteiger partial charge in [0.1, 0.15) is 12.4 Å². The van der Waals surface area contributed by atoms with E-state index in [1.807, 2.05) is 0 Å². The van der Waals surface area contributed by atoms with Crippen LogP contribution in [0.15, 0.2) is 35.4 Å². The van der Waals surface area contributed by atoms with Crippen LogP contribution in [-0.4, -0.2) is 45.3 Å². The van der Waals surface area contributed by atoms with E-state index in [9.17, 15) is 15.0 Å². The average molecular weight is 279 g/mol. The van der Waals surface area contributed by atoms with Crippen molar-refractivity contribution in [2.75, 3.05) is 6.61 Å². The predicted molar refractivity (Wildman–Crippen MR) is 65.1 cm³/mol. The van der Waals surface area contributed by atoms with E-state index in [0.717, 1.165) is 6.08 Å². The maximum Gasteiger partial charge on any atom is 0.256 e. The molecule has 8 heteroatoms. The summed E-state index contributed by atoms with van der Waals surface area (Å²) in [6, 6.07) is 1.76. The van der Waals surface area contributed by atoms with Gasteiger partial charge in [0.25, 0.3) is 5.91 Å². The number of nitrogens with zero attached hydrogens (tertiary/aromatic N) is 2. The standard InChI is InChI=1S/C12H13N3O5/c13-3-1-2-7-5-15(12(19)14-11(7)18)10-4-8(17)9(6-16)20-10/h1-2,5,10,12,16-17,19H,4,6H2,(H,14,18)/b2-1+/t10-,12?/m1/s1. The average Bonchev–Trinajstić information content (AvgIpc) is 2.79. The number of carbonyl (C=O) groups excluding carboxylic acids is 1. The van der Waals surface area contributed by atoms with E-state index in [2.05, 4.69) is 5.32 Å². The molecule has 2 heterocycles. The minimum absolute atomic E-state index is 0.0293. The van der Waals surface area contributed by atoms with Crippen LogP contribution in [0, 0.1) is 11.3 Å². The summed E-state index contributed by atoms with van der Waals surface area (Å²) < 4.78 is 5.28. The molecule has 0 aliphatic carbocycles. The number of nitrogens with one attached hydrogen (secondary N) is 1. The van der Waals surface area contributed by atoms with Crippen LogP contribution in [0.1, 0.15) is 6.42 Å². The van der Waals surface area contributed by atoms with E-state index in [1.165, 1.54) is 17.2 Å². The summed E-state index contributed by atoms with van der Waals surface area (Å²) in [6.45, 7) is -0.455. The van der Waals surface area contributed by atoms with Crippen LogP contribution in [0.2, 0.25) is 0 Å². The Bertz CT molecular complexity index is 546. The molecule has 0 fully saturated rings. The lowest BCUT2D eigenvalue weighted by Crippen LogP contribution is -2.53. The molecule has 0 saturated heterocycles. The highest BCUT2D eigenvalue weighted by Crippen LogP contribution is 2.27. The second-order valence-corrected chi connectivity index (χ2v) is 4.15. The molecule has 0 spiro atoms. The number of ether oxygens (including phenoxy) is 1. The van der Waals surface area contributed by atoms with Gasteiger partial charge >= 0.3 is 0 Å². The van der Waals surface area contributed by atoms with Gasteiger partial charge in [-0.15, -0.1) is 0 Å². The maximum atomic E-state index is 11.6. The molecule has 2 aliphatic rings. The van der Waals surface area contributed by atoms with Gasteiger partial charge in [-0.05, 0) is 6.08 Å². The summed E-state index contributed by atoms with van der Waals surface area (Å²) in [4.78, 5) is 12.9. The number of carbonyl (C=O) groups is 1. The number of aliphatic hydroxyl groups excluding tert-OH is 3. The van der Waals surface area contributed by atoms with E-state index in [-0.39, 0.29) is 23.5 Å². The van der Waals surface area contributed by atoms with Crippen molar-refractivity contribution in [1.29, 1.82) is 5.26 Å². The fraction of sp³-hybridized carbons (Fsp3) is 0.333. The molecule has 20 heavy (non-hydrogen) atoms. The molecule has 0 aromatic rings. The molecule has 0 radical (unpaired) electrons. The zero-order chi connectivity index (χ0) is 14.7. The van der Waals surface area contributed by atoms with E-state index in [0.29, 0.717) is 0 Å². The van der Waals surface area contributed by atoms with Crippen LogP contribution in [-0.2, 0) is 9.53 Å². The zero-order valence-electron chi connectivity index (χ0n) is 10.4. The molecule has 0 aromatic carbocycles. The summed E-state index contributed by atoms with van der Waals surface area (Å²) in [6.07, 6.45) is 1.75. The molecular weight excluding hydrogens is 266 g/mol. The molecule has 2 atom stereocenters. The first-order valence-corrected chi connectivity index (χ1v) is 5.79. The van der Waals surface area contributed by atoms with E-state index in [4.69, 9.17) is 15.1 Å². The maximum absolute atomic E-state index is 11.6. The van der Waals surface area contributed by atoms with Crippen LogP contribution in [0.4, 0.5) is 0 Å². The molecular formula is C12H13N3O5. The largest absolute Gasteiger partial charge is 0.508 e. The topological polar surface area (TPSA) is 126 Å². The van der Waals surface area contributed by atoms with Crippen LogP contribution < -0.4 is 5.32 Å². The number of hydrogen-bond acceptors (Lipinski definition) is 7. The number of rotatable bonds is 3. The van der Waals surface area contributed by atoms with E-state index >= 15 is 0 Å². The Morgan fingerprint density at radius 2 is 2.40 bits per heavy atom. The monoisotopic (exact) mass is 279 g/mol. The van der Waals surface area contributed by atoms with Gasteiger partial charge in [0, 0.05) is 12.3 Å². The highest BCUT2D eigenvalue weighted by molar-refractivity contribution is 5.96. The normalized spacial score (nSPS) is 26.4. The molecule has 0 saturated carbocycles. The second-order valence-electron chi connectivity index (χ2n) is 4.15. The van der Waals surface area contributed by atoms with Crippen molar-refractivity contribution >= 4 is 5.91 Å². The number of nitriles is 1. The highest BCUT2D eigenvalue weighted by Gasteiger charge is 2.35. The minimum atomic E-state index is -1.32. The Kier molecular flexibility index (Phi) is 3.93. The van der Waals surface area contributed by atoms with Gasteiger partial charge in [-0.25, -0.2) is 0 Å². The SMILES string of the molecule is N#C/C=C/C1=CN([C@H]2CC(O)=C(CO)O2)C(O)NC1=O. The summed E-state index contributed by atoms with van der Waals surface area (Å²) in [5.74, 6) is -0.608. The van der Waals surface area contributed by atoms with Crippen molar-refractivity contribution in [2.24, 2.45) is 0 Å². The van der Waals surface area contributed by atoms with Gasteiger partial charge in [0.05, 0.1) is 18.1 Å². The van der Waals surface area contributed by atoms with E-state index < -0.39 is 25.1 Å². The molecule has 106 valence electrons. The molecule has 1 unspecified atom stereocenters. The quantitative estimate of drug-likeness (QED) is 0.496. The molecule has 1 amide bonds. The second kappa shape index (κ2) is 5.64. The first-order chi connectivity index (χ1) is 9.56. The van der Waals surface area contributed by atoms with Crippen LogP contribution in [0.25, 0.3) is 0 Å².